The van der Waals surface area contributed by atoms with E-state index in [0.29, 0.717) is 25.7 Å². The van der Waals surface area contributed by atoms with Gasteiger partial charge in [0.25, 0.3) is 0 Å². The minimum Gasteiger partial charge on any atom is -0.490 e. The second kappa shape index (κ2) is 12.1. The number of nitrogens with one attached hydrogen (secondary N) is 2. The fraction of sp³-hybridized carbons (Fsp3) is 0.565. The van der Waals surface area contributed by atoms with E-state index in [4.69, 9.17) is 14.5 Å². The van der Waals surface area contributed by atoms with Gasteiger partial charge < -0.3 is 24.7 Å². The first-order valence-electron chi connectivity index (χ1n) is 10.9. The quantitative estimate of drug-likeness (QED) is 0.426. The molecule has 1 atom stereocenters. The maximum Gasteiger partial charge on any atom is 0.192 e. The van der Waals surface area contributed by atoms with Gasteiger partial charge >= 0.3 is 0 Å². The van der Waals surface area contributed by atoms with E-state index < -0.39 is 0 Å². The number of aliphatic imine (C=N–C) groups is 1. The summed E-state index contributed by atoms with van der Waals surface area (Å²) in [7, 11) is 0. The first-order valence-corrected chi connectivity index (χ1v) is 10.9. The summed E-state index contributed by atoms with van der Waals surface area (Å²) in [4.78, 5) is 9.22. The van der Waals surface area contributed by atoms with Gasteiger partial charge in [0.05, 0.1) is 19.3 Å². The molecular weight excluding hydrogens is 378 g/mol. The molecule has 0 spiro atoms. The highest BCUT2D eigenvalue weighted by atomic mass is 16.5. The normalized spacial score (nSPS) is 12.7. The molecule has 1 aromatic carbocycles. The maximum atomic E-state index is 5.76. The number of hydrogen-bond acceptors (Lipinski definition) is 4. The van der Waals surface area contributed by atoms with Crippen molar-refractivity contribution in [2.45, 2.75) is 60.7 Å². The molecular formula is C23H37N5O2. The van der Waals surface area contributed by atoms with Crippen LogP contribution in [0.4, 0.5) is 0 Å². The molecule has 0 radical (unpaired) electrons. The Balaban J connectivity index is 2.13. The van der Waals surface area contributed by atoms with Gasteiger partial charge in [-0.2, -0.15) is 0 Å². The molecule has 0 bridgehead atoms. The van der Waals surface area contributed by atoms with Crippen molar-refractivity contribution in [2.75, 3.05) is 19.8 Å². The van der Waals surface area contributed by atoms with E-state index in [0.717, 1.165) is 41.9 Å². The van der Waals surface area contributed by atoms with Crippen molar-refractivity contribution in [3.63, 3.8) is 0 Å². The number of aromatic nitrogens is 2. The Morgan fingerprint density at radius 1 is 1.10 bits per heavy atom. The number of ether oxygens (including phenoxy) is 2. The second-order valence-electron chi connectivity index (χ2n) is 7.52. The van der Waals surface area contributed by atoms with Crippen LogP contribution in [0.5, 0.6) is 11.5 Å². The minimum absolute atomic E-state index is 0.0492. The van der Waals surface area contributed by atoms with Gasteiger partial charge in [0.1, 0.15) is 12.4 Å². The summed E-state index contributed by atoms with van der Waals surface area (Å²) < 4.78 is 13.6. The summed E-state index contributed by atoms with van der Waals surface area (Å²) in [6, 6.07) is 6.11. The lowest BCUT2D eigenvalue weighted by molar-refractivity contribution is 0.287. The summed E-state index contributed by atoms with van der Waals surface area (Å²) in [6.07, 6.45) is 3.86. The number of benzene rings is 1. The van der Waals surface area contributed by atoms with Crippen molar-refractivity contribution in [2.24, 2.45) is 10.9 Å². The Morgan fingerprint density at radius 2 is 1.83 bits per heavy atom. The highest BCUT2D eigenvalue weighted by molar-refractivity contribution is 5.80. The van der Waals surface area contributed by atoms with Gasteiger partial charge in [-0.25, -0.2) is 9.98 Å². The SMILES string of the molecule is CCNC(=NCc1nccn1CC(C)C)NC(C)c1ccc(OCC)c(OCC)c1. The minimum atomic E-state index is 0.0492. The largest absolute Gasteiger partial charge is 0.490 e. The molecule has 2 aromatic rings. The average Bonchev–Trinajstić information content (AvgIpc) is 3.14. The zero-order valence-electron chi connectivity index (χ0n) is 19.2. The molecule has 0 saturated carbocycles. The number of guanidine groups is 1. The van der Waals surface area contributed by atoms with Gasteiger partial charge in [-0.05, 0) is 51.3 Å². The molecule has 0 aliphatic rings. The molecule has 1 heterocycles. The van der Waals surface area contributed by atoms with Crippen molar-refractivity contribution < 1.29 is 9.47 Å². The third-order valence-corrected chi connectivity index (χ3v) is 4.51. The van der Waals surface area contributed by atoms with E-state index in [9.17, 15) is 0 Å². The molecule has 2 N–H and O–H groups in total. The summed E-state index contributed by atoms with van der Waals surface area (Å²) in [5.41, 5.74) is 1.11. The van der Waals surface area contributed by atoms with E-state index in [1.165, 1.54) is 0 Å². The Hall–Kier alpha value is -2.70. The lowest BCUT2D eigenvalue weighted by Crippen LogP contribution is -2.38. The molecule has 30 heavy (non-hydrogen) atoms. The van der Waals surface area contributed by atoms with Crippen molar-refractivity contribution >= 4 is 5.96 Å². The van der Waals surface area contributed by atoms with E-state index in [-0.39, 0.29) is 6.04 Å². The van der Waals surface area contributed by atoms with Crippen LogP contribution in [0.3, 0.4) is 0 Å². The predicted octanol–water partition coefficient (Wildman–Crippen LogP) is 4.15. The highest BCUT2D eigenvalue weighted by Crippen LogP contribution is 2.30. The van der Waals surface area contributed by atoms with Gasteiger partial charge in [0.15, 0.2) is 17.5 Å². The number of hydrogen-bond donors (Lipinski definition) is 2. The third-order valence-electron chi connectivity index (χ3n) is 4.51. The van der Waals surface area contributed by atoms with Crippen LogP contribution >= 0.6 is 0 Å². The third kappa shape index (κ3) is 6.97. The fourth-order valence-electron chi connectivity index (χ4n) is 3.15. The molecule has 1 aromatic heterocycles. The molecule has 7 nitrogen and oxygen atoms in total. The summed E-state index contributed by atoms with van der Waals surface area (Å²) in [5.74, 6) is 3.83. The molecule has 166 valence electrons. The fourth-order valence-corrected chi connectivity index (χ4v) is 3.15. The Morgan fingerprint density at radius 3 is 2.50 bits per heavy atom. The topological polar surface area (TPSA) is 72.7 Å². The van der Waals surface area contributed by atoms with Crippen LogP contribution in [0.2, 0.25) is 0 Å². The van der Waals surface area contributed by atoms with Crippen LogP contribution in [0.1, 0.15) is 59.0 Å². The van der Waals surface area contributed by atoms with Crippen molar-refractivity contribution in [1.29, 1.82) is 0 Å². The first-order chi connectivity index (χ1) is 14.5. The zero-order valence-corrected chi connectivity index (χ0v) is 19.2. The molecule has 0 aliphatic heterocycles. The average molecular weight is 416 g/mol. The van der Waals surface area contributed by atoms with Gasteiger partial charge in [0.2, 0.25) is 0 Å². The summed E-state index contributed by atoms with van der Waals surface area (Å²) in [5, 5.41) is 6.81. The zero-order chi connectivity index (χ0) is 21.9. The smallest absolute Gasteiger partial charge is 0.192 e. The van der Waals surface area contributed by atoms with Crippen LogP contribution in [0.25, 0.3) is 0 Å². The van der Waals surface area contributed by atoms with Crippen LogP contribution < -0.4 is 20.1 Å². The van der Waals surface area contributed by atoms with Crippen molar-refractivity contribution in [3.05, 3.63) is 42.0 Å². The van der Waals surface area contributed by atoms with Crippen molar-refractivity contribution in [1.82, 2.24) is 20.2 Å². The number of nitrogens with zero attached hydrogens (tertiary/aromatic N) is 3. The monoisotopic (exact) mass is 415 g/mol. The van der Waals surface area contributed by atoms with Crippen LogP contribution in [0, 0.1) is 5.92 Å². The predicted molar refractivity (Wildman–Crippen MR) is 122 cm³/mol. The van der Waals surface area contributed by atoms with Gasteiger partial charge in [0, 0.05) is 25.5 Å². The second-order valence-corrected chi connectivity index (χ2v) is 7.52. The highest BCUT2D eigenvalue weighted by Gasteiger charge is 2.13. The maximum absolute atomic E-state index is 5.76. The van der Waals surface area contributed by atoms with E-state index >= 15 is 0 Å². The van der Waals surface area contributed by atoms with Crippen LogP contribution in [0.15, 0.2) is 35.6 Å². The Labute approximate surface area is 180 Å². The number of rotatable bonds is 11. The summed E-state index contributed by atoms with van der Waals surface area (Å²) in [6.45, 7) is 16.0. The molecule has 7 heteroatoms. The first kappa shape index (κ1) is 23.6. The van der Waals surface area contributed by atoms with Gasteiger partial charge in [-0.1, -0.05) is 19.9 Å². The van der Waals surface area contributed by atoms with E-state index in [2.05, 4.69) is 53.9 Å². The van der Waals surface area contributed by atoms with E-state index in [1.54, 1.807) is 0 Å². The van der Waals surface area contributed by atoms with Crippen molar-refractivity contribution in [3.8, 4) is 11.5 Å². The molecule has 0 saturated heterocycles. The number of imidazole rings is 1. The van der Waals surface area contributed by atoms with Crippen LogP contribution in [-0.2, 0) is 13.1 Å². The Bertz CT molecular complexity index is 801. The van der Waals surface area contributed by atoms with E-state index in [1.807, 2.05) is 38.4 Å². The molecule has 0 fully saturated rings. The lowest BCUT2D eigenvalue weighted by atomic mass is 10.1. The van der Waals surface area contributed by atoms with Crippen LogP contribution in [-0.4, -0.2) is 35.3 Å². The summed E-state index contributed by atoms with van der Waals surface area (Å²) >= 11 is 0. The van der Waals surface area contributed by atoms with Gasteiger partial charge in [-0.15, -0.1) is 0 Å². The lowest BCUT2D eigenvalue weighted by Gasteiger charge is -2.20. The standard InChI is InChI=1S/C23H37N5O2/c1-7-24-23(26-15-22-25-12-13-28(22)16-17(4)5)27-18(6)19-10-11-20(29-8-2)21(14-19)30-9-3/h10-14,17-18H,7-9,15-16H2,1-6H3,(H2,24,26,27). The molecule has 2 rings (SSSR count). The Kier molecular flexibility index (Phi) is 9.51. The molecule has 0 amide bonds. The molecule has 0 aliphatic carbocycles. The molecule has 1 unspecified atom stereocenters. The van der Waals surface area contributed by atoms with Gasteiger partial charge in [-0.3, -0.25) is 0 Å².